The number of nitrogens with zero attached hydrogens (tertiary/aromatic N) is 4. The first-order valence-electron chi connectivity index (χ1n) is 7.28. The maximum absolute atomic E-state index is 13.0. The number of nitrogens with one attached hydrogen (secondary N) is 1. The highest BCUT2D eigenvalue weighted by Gasteiger charge is 2.36. The number of halogens is 1. The van der Waals surface area contributed by atoms with E-state index in [2.05, 4.69) is 15.1 Å². The number of thioether (sulfide) groups is 1. The molecular weight excluding hydrogens is 341 g/mol. The number of amides is 1. The predicted molar refractivity (Wildman–Crippen MR) is 94.7 cm³/mol. The topological polar surface area (TPSA) is 81.8 Å². The molecule has 6 nitrogen and oxygen atoms in total. The van der Waals surface area contributed by atoms with Gasteiger partial charge in [0.1, 0.15) is 10.9 Å². The highest BCUT2D eigenvalue weighted by atomic mass is 32.2. The van der Waals surface area contributed by atoms with Gasteiger partial charge in [0.05, 0.1) is 5.57 Å². The van der Waals surface area contributed by atoms with Gasteiger partial charge in [0.15, 0.2) is 5.84 Å². The third-order valence-electron chi connectivity index (χ3n) is 3.54. The van der Waals surface area contributed by atoms with Crippen LogP contribution in [0.4, 0.5) is 4.39 Å². The van der Waals surface area contributed by atoms with Crippen molar-refractivity contribution >= 4 is 39.8 Å². The summed E-state index contributed by atoms with van der Waals surface area (Å²) in [6.07, 6.45) is 4.82. The van der Waals surface area contributed by atoms with Crippen LogP contribution in [-0.2, 0) is 4.79 Å². The number of hydrogen-bond acceptors (Lipinski definition) is 5. The number of amidine groups is 2. The van der Waals surface area contributed by atoms with Crippen LogP contribution in [0.15, 0.2) is 64.5 Å². The predicted octanol–water partition coefficient (Wildman–Crippen LogP) is 2.89. The van der Waals surface area contributed by atoms with Gasteiger partial charge in [-0.1, -0.05) is 12.1 Å². The lowest BCUT2D eigenvalue weighted by Crippen LogP contribution is -2.35. The van der Waals surface area contributed by atoms with Crippen LogP contribution >= 0.6 is 11.8 Å². The summed E-state index contributed by atoms with van der Waals surface area (Å²) in [6.45, 7) is 0. The standard InChI is InChI=1S/C17H10FN5OS/c18-12-5-3-10(4-6-12)8-13-14(19)23-17(21-15(13)24)25-16(22-23)11-2-1-7-20-9-11/h1-9,19H/b13-8+,19-14?. The molecule has 0 bridgehead atoms. The van der Waals surface area contributed by atoms with Crippen molar-refractivity contribution in [1.82, 2.24) is 9.99 Å². The van der Waals surface area contributed by atoms with E-state index < -0.39 is 5.91 Å². The van der Waals surface area contributed by atoms with E-state index in [-0.39, 0.29) is 17.2 Å². The molecular formula is C17H10FN5OS. The second-order valence-corrected chi connectivity index (χ2v) is 6.17. The summed E-state index contributed by atoms with van der Waals surface area (Å²) in [5.41, 5.74) is 1.50. The van der Waals surface area contributed by atoms with E-state index in [0.29, 0.717) is 15.8 Å². The van der Waals surface area contributed by atoms with Gasteiger partial charge in [0, 0.05) is 18.0 Å². The Kier molecular flexibility index (Phi) is 3.73. The van der Waals surface area contributed by atoms with Crippen molar-refractivity contribution in [1.29, 1.82) is 5.41 Å². The van der Waals surface area contributed by atoms with Crippen LogP contribution in [-0.4, -0.2) is 31.9 Å². The largest absolute Gasteiger partial charge is 0.283 e. The Labute approximate surface area is 146 Å². The Balaban J connectivity index is 1.69. The molecule has 25 heavy (non-hydrogen) atoms. The molecule has 0 saturated carbocycles. The van der Waals surface area contributed by atoms with Crippen molar-refractivity contribution in [3.8, 4) is 0 Å². The van der Waals surface area contributed by atoms with Gasteiger partial charge < -0.3 is 0 Å². The fraction of sp³-hybridized carbons (Fsp3) is 0. The number of carbonyl (C=O) groups excluding carboxylic acids is 1. The molecule has 3 heterocycles. The molecule has 1 amide bonds. The molecule has 0 unspecified atom stereocenters. The summed E-state index contributed by atoms with van der Waals surface area (Å²) in [6, 6.07) is 9.29. The molecule has 0 aliphatic carbocycles. The average molecular weight is 351 g/mol. The molecule has 0 radical (unpaired) electrons. The van der Waals surface area contributed by atoms with Gasteiger partial charge in [-0.3, -0.25) is 15.2 Å². The fourth-order valence-corrected chi connectivity index (χ4v) is 3.20. The first-order valence-corrected chi connectivity index (χ1v) is 8.10. The normalized spacial score (nSPS) is 18.3. The molecule has 8 heteroatoms. The number of hydrazone groups is 1. The highest BCUT2D eigenvalue weighted by Crippen LogP contribution is 2.30. The lowest BCUT2D eigenvalue weighted by atomic mass is 10.1. The van der Waals surface area contributed by atoms with E-state index in [1.165, 1.54) is 47.1 Å². The maximum atomic E-state index is 13.0. The molecule has 2 aromatic rings. The Morgan fingerprint density at radius 3 is 2.72 bits per heavy atom. The van der Waals surface area contributed by atoms with Gasteiger partial charge in [-0.15, -0.1) is 0 Å². The van der Waals surface area contributed by atoms with Crippen LogP contribution in [0.3, 0.4) is 0 Å². The smallest absolute Gasteiger partial charge is 0.282 e. The highest BCUT2D eigenvalue weighted by molar-refractivity contribution is 8.27. The Hall–Kier alpha value is -3.13. The van der Waals surface area contributed by atoms with E-state index in [9.17, 15) is 9.18 Å². The fourth-order valence-electron chi connectivity index (χ4n) is 2.32. The third kappa shape index (κ3) is 2.87. The summed E-state index contributed by atoms with van der Waals surface area (Å²) in [4.78, 5) is 20.3. The van der Waals surface area contributed by atoms with Crippen LogP contribution in [0.5, 0.6) is 0 Å². The van der Waals surface area contributed by atoms with Crippen molar-refractivity contribution in [2.45, 2.75) is 0 Å². The Bertz CT molecular complexity index is 966. The lowest BCUT2D eigenvalue weighted by molar-refractivity contribution is -0.114. The molecule has 0 atom stereocenters. The number of pyridine rings is 1. The first kappa shape index (κ1) is 15.4. The van der Waals surface area contributed by atoms with E-state index in [1.54, 1.807) is 18.5 Å². The van der Waals surface area contributed by atoms with Gasteiger partial charge >= 0.3 is 0 Å². The van der Waals surface area contributed by atoms with Gasteiger partial charge in [0.2, 0.25) is 5.17 Å². The summed E-state index contributed by atoms with van der Waals surface area (Å²) in [7, 11) is 0. The number of hydrogen-bond donors (Lipinski definition) is 1. The zero-order valence-electron chi connectivity index (χ0n) is 12.7. The van der Waals surface area contributed by atoms with Crippen LogP contribution in [0.25, 0.3) is 6.08 Å². The van der Waals surface area contributed by atoms with Crippen molar-refractivity contribution < 1.29 is 9.18 Å². The SMILES string of the molecule is N=C1/C(=C\c2ccc(F)cc2)C(=O)N=C2SC(c3cccnc3)=NN12. The van der Waals surface area contributed by atoms with Crippen LogP contribution in [0.2, 0.25) is 0 Å². The van der Waals surface area contributed by atoms with Crippen molar-refractivity contribution in [2.75, 3.05) is 0 Å². The number of aromatic nitrogens is 1. The van der Waals surface area contributed by atoms with E-state index in [0.717, 1.165) is 5.56 Å². The molecule has 0 saturated heterocycles. The molecule has 1 aromatic carbocycles. The van der Waals surface area contributed by atoms with Gasteiger partial charge in [-0.2, -0.15) is 15.1 Å². The van der Waals surface area contributed by atoms with Crippen molar-refractivity contribution in [3.63, 3.8) is 0 Å². The number of fused-ring (bicyclic) bond motifs is 1. The third-order valence-corrected chi connectivity index (χ3v) is 4.50. The molecule has 2 aliphatic heterocycles. The molecule has 0 fully saturated rings. The van der Waals surface area contributed by atoms with Crippen molar-refractivity contribution in [3.05, 3.63) is 71.3 Å². The van der Waals surface area contributed by atoms with Crippen LogP contribution < -0.4 is 0 Å². The van der Waals surface area contributed by atoms with E-state index >= 15 is 0 Å². The molecule has 122 valence electrons. The first-order chi connectivity index (χ1) is 12.1. The van der Waals surface area contributed by atoms with Crippen molar-refractivity contribution in [2.24, 2.45) is 10.1 Å². The maximum Gasteiger partial charge on any atom is 0.283 e. The number of rotatable bonds is 2. The monoisotopic (exact) mass is 351 g/mol. The van der Waals surface area contributed by atoms with Crippen LogP contribution in [0.1, 0.15) is 11.1 Å². The summed E-state index contributed by atoms with van der Waals surface area (Å²) in [5.74, 6) is -0.949. The molecule has 4 rings (SSSR count). The van der Waals surface area contributed by atoms with E-state index in [4.69, 9.17) is 5.41 Å². The number of aliphatic imine (C=N–C) groups is 1. The minimum atomic E-state index is -0.518. The Morgan fingerprint density at radius 1 is 1.20 bits per heavy atom. The molecule has 0 spiro atoms. The zero-order chi connectivity index (χ0) is 17.4. The summed E-state index contributed by atoms with van der Waals surface area (Å²) in [5, 5.41) is 14.9. The number of carbonyl (C=O) groups is 1. The second-order valence-electron chi connectivity index (χ2n) is 5.22. The molecule has 2 aliphatic rings. The second kappa shape index (κ2) is 6.06. The minimum absolute atomic E-state index is 0.0642. The zero-order valence-corrected chi connectivity index (χ0v) is 13.5. The van der Waals surface area contributed by atoms with Crippen LogP contribution in [0, 0.1) is 11.2 Å². The summed E-state index contributed by atoms with van der Waals surface area (Å²) >= 11 is 1.21. The quantitative estimate of drug-likeness (QED) is 0.844. The van der Waals surface area contributed by atoms with Gasteiger partial charge in [0.25, 0.3) is 5.91 Å². The molecule has 1 N–H and O–H groups in total. The average Bonchev–Trinajstić information content (AvgIpc) is 3.05. The summed E-state index contributed by atoms with van der Waals surface area (Å²) < 4.78 is 13.0. The van der Waals surface area contributed by atoms with Gasteiger partial charge in [-0.25, -0.2) is 4.39 Å². The van der Waals surface area contributed by atoms with Gasteiger partial charge in [-0.05, 0) is 47.7 Å². The Morgan fingerprint density at radius 2 is 2.00 bits per heavy atom. The molecule has 1 aromatic heterocycles. The lowest BCUT2D eigenvalue weighted by Gasteiger charge is -2.20. The minimum Gasteiger partial charge on any atom is -0.282 e. The van der Waals surface area contributed by atoms with E-state index in [1.807, 2.05) is 6.07 Å². The number of benzene rings is 1.